The summed E-state index contributed by atoms with van der Waals surface area (Å²) in [5.74, 6) is 0.849. The number of rotatable bonds is 4. The van der Waals surface area contributed by atoms with E-state index in [1.165, 1.54) is 0 Å². The van der Waals surface area contributed by atoms with E-state index in [4.69, 9.17) is 9.26 Å². The van der Waals surface area contributed by atoms with E-state index in [2.05, 4.69) is 20.1 Å². The third-order valence-corrected chi connectivity index (χ3v) is 3.14. The average molecular weight is 263 g/mol. The Morgan fingerprint density at radius 1 is 1.47 bits per heavy atom. The summed E-state index contributed by atoms with van der Waals surface area (Å²) in [4.78, 5) is 6.26. The summed E-state index contributed by atoms with van der Waals surface area (Å²) in [5.41, 5.74) is 0.971. The molecule has 7 heteroatoms. The summed E-state index contributed by atoms with van der Waals surface area (Å²) in [5, 5.41) is 8.13. The fourth-order valence-electron chi connectivity index (χ4n) is 2.29. The first-order valence-corrected chi connectivity index (χ1v) is 6.38. The van der Waals surface area contributed by atoms with Crippen LogP contribution in [0.25, 0.3) is 0 Å². The molecule has 3 rings (SSSR count). The lowest BCUT2D eigenvalue weighted by Crippen LogP contribution is -2.43. The van der Waals surface area contributed by atoms with Crippen molar-refractivity contribution in [3.63, 3.8) is 0 Å². The Balaban J connectivity index is 1.55. The first-order valence-electron chi connectivity index (χ1n) is 6.38. The number of hydrogen-bond acceptors (Lipinski definition) is 6. The highest BCUT2D eigenvalue weighted by molar-refractivity contribution is 5.03. The van der Waals surface area contributed by atoms with Crippen molar-refractivity contribution < 1.29 is 9.26 Å². The summed E-state index contributed by atoms with van der Waals surface area (Å²) in [6.07, 6.45) is 3.39. The third kappa shape index (κ3) is 3.18. The quantitative estimate of drug-likeness (QED) is 0.799. The van der Waals surface area contributed by atoms with Gasteiger partial charge in [-0.2, -0.15) is 5.10 Å². The van der Waals surface area contributed by atoms with Crippen LogP contribution in [-0.4, -0.2) is 50.6 Å². The molecule has 0 spiro atoms. The van der Waals surface area contributed by atoms with Gasteiger partial charge < -0.3 is 9.26 Å². The van der Waals surface area contributed by atoms with Crippen LogP contribution in [0, 0.1) is 6.92 Å². The molecule has 0 aromatic carbocycles. The van der Waals surface area contributed by atoms with E-state index >= 15 is 0 Å². The van der Waals surface area contributed by atoms with E-state index < -0.39 is 0 Å². The molecule has 0 bridgehead atoms. The number of aryl methyl sites for hydroxylation is 1. The SMILES string of the molecule is Cc1cc(CN2CCO[C@H](Cn3cncn3)C2)no1. The van der Waals surface area contributed by atoms with Crippen LogP contribution in [0.5, 0.6) is 0 Å². The zero-order valence-corrected chi connectivity index (χ0v) is 10.9. The molecule has 2 aromatic rings. The molecule has 0 unspecified atom stereocenters. The van der Waals surface area contributed by atoms with E-state index in [1.807, 2.05) is 13.0 Å². The lowest BCUT2D eigenvalue weighted by Gasteiger charge is -2.32. The second kappa shape index (κ2) is 5.50. The molecule has 7 nitrogen and oxygen atoms in total. The van der Waals surface area contributed by atoms with Gasteiger partial charge in [-0.25, -0.2) is 4.98 Å². The Kier molecular flexibility index (Phi) is 3.56. The van der Waals surface area contributed by atoms with Crippen molar-refractivity contribution in [3.05, 3.63) is 30.2 Å². The average Bonchev–Trinajstić information content (AvgIpc) is 3.02. The fraction of sp³-hybridized carbons (Fsp3) is 0.583. The van der Waals surface area contributed by atoms with Crippen molar-refractivity contribution in [1.82, 2.24) is 24.8 Å². The second-order valence-corrected chi connectivity index (χ2v) is 4.77. The monoisotopic (exact) mass is 263 g/mol. The number of aromatic nitrogens is 4. The number of ether oxygens (including phenoxy) is 1. The van der Waals surface area contributed by atoms with Gasteiger partial charge in [-0.1, -0.05) is 5.16 Å². The molecule has 1 fully saturated rings. The minimum absolute atomic E-state index is 0.142. The van der Waals surface area contributed by atoms with Gasteiger partial charge in [0, 0.05) is 25.7 Å². The molecule has 19 heavy (non-hydrogen) atoms. The van der Waals surface area contributed by atoms with Gasteiger partial charge in [-0.3, -0.25) is 9.58 Å². The van der Waals surface area contributed by atoms with Crippen molar-refractivity contribution in [2.75, 3.05) is 19.7 Å². The first kappa shape index (κ1) is 12.3. The molecule has 0 aliphatic carbocycles. The van der Waals surface area contributed by atoms with Gasteiger partial charge in [-0.15, -0.1) is 0 Å². The summed E-state index contributed by atoms with van der Waals surface area (Å²) in [6, 6.07) is 1.97. The molecule has 102 valence electrons. The second-order valence-electron chi connectivity index (χ2n) is 4.77. The number of morpholine rings is 1. The first-order chi connectivity index (χ1) is 9.29. The topological polar surface area (TPSA) is 69.2 Å². The Morgan fingerprint density at radius 2 is 2.42 bits per heavy atom. The van der Waals surface area contributed by atoms with E-state index in [0.717, 1.165) is 44.2 Å². The van der Waals surface area contributed by atoms with Crippen LogP contribution >= 0.6 is 0 Å². The molecule has 0 amide bonds. The van der Waals surface area contributed by atoms with Crippen LogP contribution in [0.3, 0.4) is 0 Å². The Bertz CT molecular complexity index is 510. The summed E-state index contributed by atoms with van der Waals surface area (Å²) in [6.45, 7) is 5.95. The zero-order valence-electron chi connectivity index (χ0n) is 10.9. The lowest BCUT2D eigenvalue weighted by molar-refractivity contribution is -0.0408. The molecular formula is C12H17N5O2. The zero-order chi connectivity index (χ0) is 13.1. The maximum absolute atomic E-state index is 5.75. The predicted octanol–water partition coefficient (Wildman–Crippen LogP) is 0.476. The largest absolute Gasteiger partial charge is 0.374 e. The predicted molar refractivity (Wildman–Crippen MR) is 66.3 cm³/mol. The van der Waals surface area contributed by atoms with Crippen LogP contribution in [-0.2, 0) is 17.8 Å². The number of hydrogen-bond donors (Lipinski definition) is 0. The molecule has 1 aliphatic rings. The van der Waals surface area contributed by atoms with Crippen LogP contribution < -0.4 is 0 Å². The van der Waals surface area contributed by atoms with Crippen LogP contribution in [0.4, 0.5) is 0 Å². The molecule has 1 saturated heterocycles. The summed E-state index contributed by atoms with van der Waals surface area (Å²) in [7, 11) is 0. The molecule has 0 radical (unpaired) electrons. The molecule has 0 N–H and O–H groups in total. The minimum atomic E-state index is 0.142. The molecular weight excluding hydrogens is 246 g/mol. The summed E-state index contributed by atoms with van der Waals surface area (Å²) < 4.78 is 12.6. The smallest absolute Gasteiger partial charge is 0.137 e. The molecule has 3 heterocycles. The summed E-state index contributed by atoms with van der Waals surface area (Å²) >= 11 is 0. The fourth-order valence-corrected chi connectivity index (χ4v) is 2.29. The standard InChI is InChI=1S/C12H17N5O2/c1-10-4-11(15-19-10)5-16-2-3-18-12(6-16)7-17-9-13-8-14-17/h4,8-9,12H,2-3,5-7H2,1H3/t12-/m0/s1. The third-order valence-electron chi connectivity index (χ3n) is 3.14. The van der Waals surface area contributed by atoms with Gasteiger partial charge in [-0.05, 0) is 6.92 Å². The molecule has 0 saturated carbocycles. The highest BCUT2D eigenvalue weighted by atomic mass is 16.5. The van der Waals surface area contributed by atoms with Crippen molar-refractivity contribution in [3.8, 4) is 0 Å². The normalized spacial score (nSPS) is 20.8. The van der Waals surface area contributed by atoms with Gasteiger partial charge in [0.25, 0.3) is 0 Å². The highest BCUT2D eigenvalue weighted by Gasteiger charge is 2.21. The van der Waals surface area contributed by atoms with Gasteiger partial charge in [0.2, 0.25) is 0 Å². The maximum Gasteiger partial charge on any atom is 0.137 e. The Labute approximate surface area is 111 Å². The molecule has 1 atom stereocenters. The van der Waals surface area contributed by atoms with E-state index in [9.17, 15) is 0 Å². The van der Waals surface area contributed by atoms with E-state index in [1.54, 1.807) is 17.3 Å². The molecule has 1 aliphatic heterocycles. The van der Waals surface area contributed by atoms with E-state index in [0.29, 0.717) is 0 Å². The van der Waals surface area contributed by atoms with Gasteiger partial charge in [0.05, 0.1) is 24.9 Å². The minimum Gasteiger partial charge on any atom is -0.374 e. The van der Waals surface area contributed by atoms with Crippen LogP contribution in [0.1, 0.15) is 11.5 Å². The van der Waals surface area contributed by atoms with Gasteiger partial charge >= 0.3 is 0 Å². The van der Waals surface area contributed by atoms with Crippen LogP contribution in [0.15, 0.2) is 23.2 Å². The van der Waals surface area contributed by atoms with Gasteiger partial charge in [0.1, 0.15) is 18.4 Å². The van der Waals surface area contributed by atoms with Crippen molar-refractivity contribution in [2.24, 2.45) is 0 Å². The Morgan fingerprint density at radius 3 is 3.16 bits per heavy atom. The van der Waals surface area contributed by atoms with Crippen molar-refractivity contribution in [1.29, 1.82) is 0 Å². The Hall–Kier alpha value is -1.73. The van der Waals surface area contributed by atoms with Crippen molar-refractivity contribution in [2.45, 2.75) is 26.1 Å². The van der Waals surface area contributed by atoms with Gasteiger partial charge in [0.15, 0.2) is 0 Å². The molecule has 2 aromatic heterocycles. The maximum atomic E-state index is 5.75. The number of nitrogens with zero attached hydrogens (tertiary/aromatic N) is 5. The highest BCUT2D eigenvalue weighted by Crippen LogP contribution is 2.11. The van der Waals surface area contributed by atoms with Crippen LogP contribution in [0.2, 0.25) is 0 Å². The lowest BCUT2D eigenvalue weighted by atomic mass is 10.2. The van der Waals surface area contributed by atoms with E-state index in [-0.39, 0.29) is 6.10 Å². The van der Waals surface area contributed by atoms with Crippen molar-refractivity contribution >= 4 is 0 Å².